The lowest BCUT2D eigenvalue weighted by atomic mass is 9.57. The molecule has 0 radical (unpaired) electrons. The van der Waals surface area contributed by atoms with Crippen molar-refractivity contribution in [2.24, 2.45) is 11.3 Å². The fraction of sp³-hybridized carbons (Fsp3) is 0.346. The molecule has 0 spiro atoms. The highest BCUT2D eigenvalue weighted by molar-refractivity contribution is 5.61. The van der Waals surface area contributed by atoms with Gasteiger partial charge in [-0.15, -0.1) is 0 Å². The number of aliphatic hydroxyl groups excluding tert-OH is 1. The summed E-state index contributed by atoms with van der Waals surface area (Å²) in [5.41, 5.74) is 5.22. The van der Waals surface area contributed by atoms with E-state index in [0.29, 0.717) is 0 Å². The van der Waals surface area contributed by atoms with Gasteiger partial charge in [-0.3, -0.25) is 0 Å². The van der Waals surface area contributed by atoms with Crippen molar-refractivity contribution in [3.05, 3.63) is 82.9 Å². The van der Waals surface area contributed by atoms with Gasteiger partial charge < -0.3 is 9.84 Å². The zero-order valence-corrected chi connectivity index (χ0v) is 17.9. The van der Waals surface area contributed by atoms with Crippen molar-refractivity contribution in [1.29, 1.82) is 0 Å². The number of hydrogen-bond donors (Lipinski definition) is 1. The minimum absolute atomic E-state index is 0.113. The highest BCUT2D eigenvalue weighted by atomic mass is 19.1. The molecule has 1 fully saturated rings. The predicted octanol–water partition coefficient (Wildman–Crippen LogP) is 5.50. The van der Waals surface area contributed by atoms with Crippen LogP contribution in [0.5, 0.6) is 5.75 Å². The lowest BCUT2D eigenvalue weighted by molar-refractivity contribution is 0.0216. The van der Waals surface area contributed by atoms with Crippen LogP contribution in [0.2, 0.25) is 0 Å². The molecule has 3 atom stereocenters. The fourth-order valence-corrected chi connectivity index (χ4v) is 5.43. The van der Waals surface area contributed by atoms with Crippen LogP contribution in [0.4, 0.5) is 4.39 Å². The first kappa shape index (κ1) is 20.0. The molecule has 31 heavy (non-hydrogen) atoms. The van der Waals surface area contributed by atoms with Crippen LogP contribution in [0.25, 0.3) is 11.8 Å². The first-order valence-corrected chi connectivity index (χ1v) is 10.9. The highest BCUT2D eigenvalue weighted by Gasteiger charge is 2.46. The van der Waals surface area contributed by atoms with E-state index in [-0.39, 0.29) is 17.2 Å². The molecule has 3 aromatic rings. The summed E-state index contributed by atoms with van der Waals surface area (Å²) in [5, 5.41) is 16.0. The third-order valence-electron chi connectivity index (χ3n) is 7.16. The average Bonchev–Trinajstić information content (AvgIpc) is 3.19. The van der Waals surface area contributed by atoms with Crippen molar-refractivity contribution in [2.45, 2.75) is 38.7 Å². The maximum atomic E-state index is 13.4. The summed E-state index contributed by atoms with van der Waals surface area (Å²) in [5.74, 6) is 0.624. The van der Waals surface area contributed by atoms with Gasteiger partial charge in [0.15, 0.2) is 0 Å². The van der Waals surface area contributed by atoms with Crippen molar-refractivity contribution in [3.63, 3.8) is 0 Å². The van der Waals surface area contributed by atoms with E-state index < -0.39 is 6.10 Å². The van der Waals surface area contributed by atoms with Crippen LogP contribution in [-0.2, 0) is 6.42 Å². The summed E-state index contributed by atoms with van der Waals surface area (Å²) in [6, 6.07) is 14.2. The Kier molecular flexibility index (Phi) is 4.94. The van der Waals surface area contributed by atoms with Gasteiger partial charge in [0.25, 0.3) is 0 Å². The highest BCUT2D eigenvalue weighted by Crippen LogP contribution is 2.54. The number of aliphatic hydroxyl groups is 1. The molecule has 5 heteroatoms. The zero-order valence-electron chi connectivity index (χ0n) is 17.9. The second-order valence-corrected chi connectivity index (χ2v) is 8.93. The van der Waals surface area contributed by atoms with Gasteiger partial charge in [-0.1, -0.05) is 24.6 Å². The monoisotopic (exact) mass is 418 g/mol. The summed E-state index contributed by atoms with van der Waals surface area (Å²) < 4.78 is 20.6. The Morgan fingerprint density at radius 1 is 1.23 bits per heavy atom. The van der Waals surface area contributed by atoms with E-state index in [1.165, 1.54) is 23.3 Å². The topological polar surface area (TPSA) is 47.3 Å². The largest absolute Gasteiger partial charge is 0.497 e. The number of fused-ring (bicyclic) bond motifs is 2. The summed E-state index contributed by atoms with van der Waals surface area (Å²) in [6.45, 7) is 2.28. The Morgan fingerprint density at radius 3 is 2.81 bits per heavy atom. The van der Waals surface area contributed by atoms with Crippen molar-refractivity contribution < 1.29 is 14.2 Å². The Bertz CT molecular complexity index is 1130. The van der Waals surface area contributed by atoms with Gasteiger partial charge >= 0.3 is 0 Å². The number of benzene rings is 2. The van der Waals surface area contributed by atoms with Gasteiger partial charge in [0.1, 0.15) is 11.6 Å². The molecule has 0 bridgehead atoms. The van der Waals surface area contributed by atoms with E-state index in [2.05, 4.69) is 18.1 Å². The number of ether oxygens (including phenoxy) is 1. The minimum atomic E-state index is -0.558. The maximum Gasteiger partial charge on any atom is 0.123 e. The molecule has 2 aliphatic carbocycles. The normalized spacial score (nSPS) is 23.5. The van der Waals surface area contributed by atoms with Gasteiger partial charge in [-0.05, 0) is 90.6 Å². The third-order valence-corrected chi connectivity index (χ3v) is 7.16. The molecule has 1 saturated carbocycles. The lowest BCUT2D eigenvalue weighted by Crippen LogP contribution is -2.40. The third kappa shape index (κ3) is 3.37. The SMILES string of the molecule is COc1cccc([C@H](O)[C@H]2CCCC3=Cc4c(cnn4-c4ccc(F)cc4)C[C@@]32C)c1. The summed E-state index contributed by atoms with van der Waals surface area (Å²) >= 11 is 0. The molecular formula is C26H27FN2O2. The minimum Gasteiger partial charge on any atom is -0.497 e. The smallest absolute Gasteiger partial charge is 0.123 e. The van der Waals surface area contributed by atoms with E-state index >= 15 is 0 Å². The number of hydrogen-bond acceptors (Lipinski definition) is 3. The Hall–Kier alpha value is -2.92. The van der Waals surface area contributed by atoms with Gasteiger partial charge in [0, 0.05) is 0 Å². The zero-order chi connectivity index (χ0) is 21.6. The molecular weight excluding hydrogens is 391 g/mol. The van der Waals surface area contributed by atoms with Crippen LogP contribution in [0.1, 0.15) is 49.1 Å². The number of nitrogens with zero attached hydrogens (tertiary/aromatic N) is 2. The number of methoxy groups -OCH3 is 1. The summed E-state index contributed by atoms with van der Waals surface area (Å²) in [6.07, 6.45) is 7.49. The van der Waals surface area contributed by atoms with E-state index in [1.807, 2.05) is 35.1 Å². The Morgan fingerprint density at radius 2 is 2.03 bits per heavy atom. The number of halogens is 1. The van der Waals surface area contributed by atoms with Crippen LogP contribution in [0, 0.1) is 17.2 Å². The van der Waals surface area contributed by atoms with Crippen LogP contribution in [0.15, 0.2) is 60.3 Å². The first-order chi connectivity index (χ1) is 15.0. The Balaban J connectivity index is 1.51. The standard InChI is InChI=1S/C26H27FN2O2/c1-26-15-18-16-28-29(21-11-9-20(27)10-12-21)24(18)14-19(26)6-4-8-23(26)25(30)17-5-3-7-22(13-17)31-2/h3,5,7,9-14,16,23,25,30H,4,6,8,15H2,1-2H3/t23-,25+,26+/m1/s1. The molecule has 0 saturated heterocycles. The number of allylic oxidation sites excluding steroid dienone is 1. The number of aromatic nitrogens is 2. The van der Waals surface area contributed by atoms with E-state index in [0.717, 1.165) is 48.4 Å². The maximum absolute atomic E-state index is 13.4. The van der Waals surface area contributed by atoms with Crippen LogP contribution < -0.4 is 4.74 Å². The molecule has 1 aromatic heterocycles. The van der Waals surface area contributed by atoms with E-state index in [1.54, 1.807) is 19.2 Å². The Labute approximate surface area is 182 Å². The fourth-order valence-electron chi connectivity index (χ4n) is 5.43. The molecule has 2 aromatic carbocycles. The van der Waals surface area contributed by atoms with Crippen LogP contribution >= 0.6 is 0 Å². The molecule has 2 aliphatic rings. The first-order valence-electron chi connectivity index (χ1n) is 10.9. The van der Waals surface area contributed by atoms with E-state index in [4.69, 9.17) is 4.74 Å². The lowest BCUT2D eigenvalue weighted by Gasteiger charge is -2.47. The van der Waals surface area contributed by atoms with E-state index in [9.17, 15) is 9.50 Å². The second-order valence-electron chi connectivity index (χ2n) is 8.93. The van der Waals surface area contributed by atoms with Crippen LogP contribution in [0.3, 0.4) is 0 Å². The molecule has 0 unspecified atom stereocenters. The molecule has 0 aliphatic heterocycles. The number of rotatable bonds is 4. The predicted molar refractivity (Wildman–Crippen MR) is 119 cm³/mol. The average molecular weight is 419 g/mol. The van der Waals surface area contributed by atoms with Gasteiger partial charge in [0.2, 0.25) is 0 Å². The molecule has 5 rings (SSSR count). The summed E-state index contributed by atoms with van der Waals surface area (Å²) in [4.78, 5) is 0. The quantitative estimate of drug-likeness (QED) is 0.609. The second kappa shape index (κ2) is 7.65. The van der Waals surface area contributed by atoms with Gasteiger partial charge in [-0.25, -0.2) is 9.07 Å². The van der Waals surface area contributed by atoms with Gasteiger partial charge in [0.05, 0.1) is 30.8 Å². The van der Waals surface area contributed by atoms with Crippen molar-refractivity contribution >= 4 is 6.08 Å². The molecule has 0 amide bonds. The van der Waals surface area contributed by atoms with Crippen molar-refractivity contribution in [3.8, 4) is 11.4 Å². The molecule has 4 nitrogen and oxygen atoms in total. The summed E-state index contributed by atoms with van der Waals surface area (Å²) in [7, 11) is 1.65. The molecule has 1 N–H and O–H groups in total. The van der Waals surface area contributed by atoms with Crippen molar-refractivity contribution in [1.82, 2.24) is 9.78 Å². The van der Waals surface area contributed by atoms with Crippen molar-refractivity contribution in [2.75, 3.05) is 7.11 Å². The van der Waals surface area contributed by atoms with Crippen LogP contribution in [-0.4, -0.2) is 22.0 Å². The molecule has 1 heterocycles. The van der Waals surface area contributed by atoms with Gasteiger partial charge in [-0.2, -0.15) is 5.10 Å². The molecule has 160 valence electrons.